The maximum Gasteiger partial charge on any atom is 0.262 e. The molecule has 0 radical (unpaired) electrons. The van der Waals surface area contributed by atoms with Crippen LogP contribution in [0, 0.1) is 0 Å². The standard InChI is InChI=1S/C22H25N3O4/c1-15(26)24(2)14-22(27)25-20(18-10-5-6-11-21(18)29-4)13-19(23-25)16-8-7-9-17(12-16)28-3/h5-12,20H,13-14H2,1-4H3/t20-/m1/s1. The number of methoxy groups -OCH3 is 2. The van der Waals surface area contributed by atoms with Crippen LogP contribution in [0.15, 0.2) is 53.6 Å². The molecule has 0 saturated carbocycles. The number of amides is 2. The smallest absolute Gasteiger partial charge is 0.262 e. The zero-order valence-electron chi connectivity index (χ0n) is 17.1. The molecule has 0 N–H and O–H groups in total. The molecule has 3 rings (SSSR count). The van der Waals surface area contributed by atoms with E-state index in [0.717, 1.165) is 22.6 Å². The summed E-state index contributed by atoms with van der Waals surface area (Å²) in [6, 6.07) is 14.9. The van der Waals surface area contributed by atoms with Crippen LogP contribution in [0.1, 0.15) is 30.5 Å². The molecule has 1 aliphatic rings. The van der Waals surface area contributed by atoms with Crippen LogP contribution in [-0.2, 0) is 9.59 Å². The van der Waals surface area contributed by atoms with Crippen molar-refractivity contribution in [3.63, 3.8) is 0 Å². The first-order chi connectivity index (χ1) is 13.9. The predicted molar refractivity (Wildman–Crippen MR) is 110 cm³/mol. The highest BCUT2D eigenvalue weighted by atomic mass is 16.5. The van der Waals surface area contributed by atoms with Crippen molar-refractivity contribution in [3.05, 3.63) is 59.7 Å². The lowest BCUT2D eigenvalue weighted by Crippen LogP contribution is -2.38. The Morgan fingerprint density at radius 3 is 2.59 bits per heavy atom. The highest BCUT2D eigenvalue weighted by Crippen LogP contribution is 2.37. The largest absolute Gasteiger partial charge is 0.497 e. The van der Waals surface area contributed by atoms with E-state index in [0.29, 0.717) is 12.2 Å². The van der Waals surface area contributed by atoms with Crippen LogP contribution < -0.4 is 9.47 Å². The number of likely N-dealkylation sites (N-methyl/N-ethyl adjacent to an activating group) is 1. The molecule has 0 aliphatic carbocycles. The molecule has 2 aromatic carbocycles. The Hall–Kier alpha value is -3.35. The molecule has 7 heteroatoms. The van der Waals surface area contributed by atoms with Gasteiger partial charge in [0.1, 0.15) is 18.0 Å². The summed E-state index contributed by atoms with van der Waals surface area (Å²) in [5.74, 6) is 0.984. The number of rotatable bonds is 6. The van der Waals surface area contributed by atoms with Gasteiger partial charge in [0.2, 0.25) is 5.91 Å². The van der Waals surface area contributed by atoms with Crippen molar-refractivity contribution in [2.24, 2.45) is 5.10 Å². The van der Waals surface area contributed by atoms with Gasteiger partial charge in [-0.15, -0.1) is 0 Å². The van der Waals surface area contributed by atoms with Crippen molar-refractivity contribution in [2.45, 2.75) is 19.4 Å². The second-order valence-electron chi connectivity index (χ2n) is 6.85. The first-order valence-corrected chi connectivity index (χ1v) is 9.33. The summed E-state index contributed by atoms with van der Waals surface area (Å²) in [6.07, 6.45) is 0.531. The van der Waals surface area contributed by atoms with Gasteiger partial charge < -0.3 is 14.4 Å². The Kier molecular flexibility index (Phi) is 6.16. The van der Waals surface area contributed by atoms with Crippen LogP contribution in [0.5, 0.6) is 11.5 Å². The first kappa shape index (κ1) is 20.4. The van der Waals surface area contributed by atoms with Crippen molar-refractivity contribution in [2.75, 3.05) is 27.8 Å². The fourth-order valence-electron chi connectivity index (χ4n) is 3.29. The van der Waals surface area contributed by atoms with Crippen LogP contribution in [0.2, 0.25) is 0 Å². The number of hydrogen-bond donors (Lipinski definition) is 0. The van der Waals surface area contributed by atoms with Gasteiger partial charge in [0.05, 0.1) is 26.0 Å². The van der Waals surface area contributed by atoms with Crippen LogP contribution >= 0.6 is 0 Å². The summed E-state index contributed by atoms with van der Waals surface area (Å²) in [6.45, 7) is 1.38. The number of carbonyl (C=O) groups excluding carboxylic acids is 2. The lowest BCUT2D eigenvalue weighted by molar-refractivity contribution is -0.139. The van der Waals surface area contributed by atoms with Crippen molar-refractivity contribution in [3.8, 4) is 11.5 Å². The summed E-state index contributed by atoms with van der Waals surface area (Å²) >= 11 is 0. The molecule has 0 saturated heterocycles. The van der Waals surface area contributed by atoms with Crippen LogP contribution in [-0.4, -0.2) is 55.2 Å². The minimum absolute atomic E-state index is 0.0458. The third-order valence-corrected chi connectivity index (χ3v) is 4.98. The zero-order chi connectivity index (χ0) is 21.0. The highest BCUT2D eigenvalue weighted by molar-refractivity contribution is 6.03. The molecular weight excluding hydrogens is 370 g/mol. The molecule has 1 heterocycles. The first-order valence-electron chi connectivity index (χ1n) is 9.33. The van der Waals surface area contributed by atoms with E-state index in [4.69, 9.17) is 9.47 Å². The van der Waals surface area contributed by atoms with Crippen LogP contribution in [0.4, 0.5) is 0 Å². The molecule has 0 unspecified atom stereocenters. The van der Waals surface area contributed by atoms with Crippen molar-refractivity contribution in [1.82, 2.24) is 9.91 Å². The van der Waals surface area contributed by atoms with Crippen molar-refractivity contribution >= 4 is 17.5 Å². The molecule has 152 valence electrons. The van der Waals surface area contributed by atoms with Gasteiger partial charge in [-0.05, 0) is 18.2 Å². The summed E-state index contributed by atoms with van der Waals surface area (Å²) in [7, 11) is 4.81. The normalized spacial score (nSPS) is 15.7. The molecule has 1 aliphatic heterocycles. The highest BCUT2D eigenvalue weighted by Gasteiger charge is 2.35. The third-order valence-electron chi connectivity index (χ3n) is 4.98. The number of carbonyl (C=O) groups is 2. The van der Waals surface area contributed by atoms with E-state index in [1.807, 2.05) is 48.5 Å². The monoisotopic (exact) mass is 395 g/mol. The molecule has 7 nitrogen and oxygen atoms in total. The quantitative estimate of drug-likeness (QED) is 0.754. The lowest BCUT2D eigenvalue weighted by atomic mass is 9.97. The topological polar surface area (TPSA) is 71.4 Å². The fourth-order valence-corrected chi connectivity index (χ4v) is 3.29. The van der Waals surface area contributed by atoms with E-state index < -0.39 is 0 Å². The van der Waals surface area contributed by atoms with Crippen LogP contribution in [0.3, 0.4) is 0 Å². The summed E-state index contributed by atoms with van der Waals surface area (Å²) < 4.78 is 10.8. The Balaban J connectivity index is 1.98. The summed E-state index contributed by atoms with van der Waals surface area (Å²) in [5, 5.41) is 6.09. The van der Waals surface area contributed by atoms with E-state index in [1.165, 1.54) is 16.8 Å². The van der Waals surface area contributed by atoms with E-state index >= 15 is 0 Å². The fraction of sp³-hybridized carbons (Fsp3) is 0.318. The Morgan fingerprint density at radius 2 is 1.90 bits per heavy atom. The second-order valence-corrected chi connectivity index (χ2v) is 6.85. The third kappa shape index (κ3) is 4.39. The Morgan fingerprint density at radius 1 is 1.14 bits per heavy atom. The van der Waals surface area contributed by atoms with E-state index in [1.54, 1.807) is 21.3 Å². The molecule has 0 aromatic heterocycles. The zero-order valence-corrected chi connectivity index (χ0v) is 17.1. The second kappa shape index (κ2) is 8.77. The average molecular weight is 395 g/mol. The lowest BCUT2D eigenvalue weighted by Gasteiger charge is -2.25. The van der Waals surface area contributed by atoms with Gasteiger partial charge in [0.15, 0.2) is 0 Å². The van der Waals surface area contributed by atoms with Gasteiger partial charge in [-0.1, -0.05) is 30.3 Å². The van der Waals surface area contributed by atoms with Crippen molar-refractivity contribution in [1.29, 1.82) is 0 Å². The summed E-state index contributed by atoms with van der Waals surface area (Å²) in [4.78, 5) is 26.0. The van der Waals surface area contributed by atoms with Crippen molar-refractivity contribution < 1.29 is 19.1 Å². The molecule has 0 fully saturated rings. The van der Waals surface area contributed by atoms with Gasteiger partial charge in [-0.2, -0.15) is 5.10 Å². The average Bonchev–Trinajstić information content (AvgIpc) is 3.19. The number of ether oxygens (including phenoxy) is 2. The molecule has 2 amide bonds. The minimum Gasteiger partial charge on any atom is -0.497 e. The Bertz CT molecular complexity index is 941. The predicted octanol–water partition coefficient (Wildman–Crippen LogP) is 2.86. The number of benzene rings is 2. The SMILES string of the molecule is COc1cccc(C2=NN(C(=O)CN(C)C(C)=O)[C@@H](c3ccccc3OC)C2)c1. The number of hydrazone groups is 1. The number of hydrogen-bond acceptors (Lipinski definition) is 5. The molecular formula is C22H25N3O4. The summed E-state index contributed by atoms with van der Waals surface area (Å²) in [5.41, 5.74) is 2.54. The van der Waals surface area contributed by atoms with Gasteiger partial charge in [0, 0.05) is 31.5 Å². The van der Waals surface area contributed by atoms with Gasteiger partial charge in [0.25, 0.3) is 5.91 Å². The number of para-hydroxylation sites is 1. The van der Waals surface area contributed by atoms with E-state index in [9.17, 15) is 9.59 Å². The van der Waals surface area contributed by atoms with Crippen LogP contribution in [0.25, 0.3) is 0 Å². The van der Waals surface area contributed by atoms with Gasteiger partial charge >= 0.3 is 0 Å². The molecule has 29 heavy (non-hydrogen) atoms. The molecule has 0 bridgehead atoms. The molecule has 1 atom stereocenters. The molecule has 2 aromatic rings. The maximum atomic E-state index is 13.0. The van der Waals surface area contributed by atoms with E-state index in [-0.39, 0.29) is 24.4 Å². The molecule has 0 spiro atoms. The number of nitrogens with zero attached hydrogens (tertiary/aromatic N) is 3. The maximum absolute atomic E-state index is 13.0. The van der Waals surface area contributed by atoms with Gasteiger partial charge in [-0.3, -0.25) is 9.59 Å². The van der Waals surface area contributed by atoms with Gasteiger partial charge in [-0.25, -0.2) is 5.01 Å². The minimum atomic E-state index is -0.319. The van der Waals surface area contributed by atoms with E-state index in [2.05, 4.69) is 5.10 Å². The Labute approximate surface area is 170 Å².